The molecule has 3 rings (SSSR count). The second kappa shape index (κ2) is 10.3. The summed E-state index contributed by atoms with van der Waals surface area (Å²) in [6.45, 7) is 18.9. The monoisotopic (exact) mass is 401 g/mol. The van der Waals surface area contributed by atoms with E-state index in [4.69, 9.17) is 5.11 Å². The molecule has 1 atom stereocenters. The summed E-state index contributed by atoms with van der Waals surface area (Å²) in [6.07, 6.45) is 3.91. The fourth-order valence-electron chi connectivity index (χ4n) is 3.40. The Morgan fingerprint density at radius 1 is 1.45 bits per heavy atom. The predicted molar refractivity (Wildman–Crippen MR) is 118 cm³/mol. The van der Waals surface area contributed by atoms with Gasteiger partial charge in [-0.25, -0.2) is 9.50 Å². The molecule has 1 aliphatic carbocycles. The minimum Gasteiger partial charge on any atom is -0.394 e. The number of allylic oxidation sites excluding steroid dienone is 1. The fourth-order valence-corrected chi connectivity index (χ4v) is 3.40. The molecule has 0 saturated carbocycles. The lowest BCUT2D eigenvalue weighted by atomic mass is 9.88. The highest BCUT2D eigenvalue weighted by atomic mass is 16.3. The molecule has 160 valence electrons. The van der Waals surface area contributed by atoms with Gasteiger partial charge in [-0.15, -0.1) is 0 Å². The topological polar surface area (TPSA) is 91.9 Å². The van der Waals surface area contributed by atoms with Crippen molar-refractivity contribution >= 4 is 18.3 Å². The average molecular weight is 402 g/mol. The van der Waals surface area contributed by atoms with Gasteiger partial charge in [0, 0.05) is 41.2 Å². The molecule has 2 N–H and O–H groups in total. The molecule has 2 heterocycles. The summed E-state index contributed by atoms with van der Waals surface area (Å²) in [5.41, 5.74) is 4.29. The summed E-state index contributed by atoms with van der Waals surface area (Å²) < 4.78 is 1.88. The van der Waals surface area contributed by atoms with E-state index in [2.05, 4.69) is 41.0 Å². The molecule has 29 heavy (non-hydrogen) atoms. The van der Waals surface area contributed by atoms with E-state index >= 15 is 0 Å². The Hall–Kier alpha value is -2.54. The number of aryl methyl sites for hydroxylation is 1. The first-order chi connectivity index (χ1) is 13.6. The van der Waals surface area contributed by atoms with E-state index in [0.29, 0.717) is 5.70 Å². The molecule has 1 aliphatic rings. The molecule has 2 aromatic heterocycles. The highest BCUT2D eigenvalue weighted by molar-refractivity contribution is 5.86. The predicted octanol–water partition coefficient (Wildman–Crippen LogP) is 3.89. The lowest BCUT2D eigenvalue weighted by Crippen LogP contribution is -2.27. The second-order valence-electron chi connectivity index (χ2n) is 7.84. The van der Waals surface area contributed by atoms with E-state index in [1.165, 1.54) is 6.20 Å². The lowest BCUT2D eigenvalue weighted by Gasteiger charge is -2.19. The van der Waals surface area contributed by atoms with Gasteiger partial charge < -0.3 is 10.4 Å². The van der Waals surface area contributed by atoms with Crippen molar-refractivity contribution in [3.8, 4) is 0 Å². The first-order valence-electron chi connectivity index (χ1n) is 10.0. The Kier molecular flexibility index (Phi) is 8.70. The number of aromatic nitrogens is 3. The molecule has 0 saturated heterocycles. The maximum Gasteiger partial charge on any atom is 0.231 e. The smallest absolute Gasteiger partial charge is 0.231 e. The number of hydrogen-bond acceptors (Lipinski definition) is 5. The third-order valence-corrected chi connectivity index (χ3v) is 4.29. The Labute approximate surface area is 174 Å². The van der Waals surface area contributed by atoms with Gasteiger partial charge in [0.2, 0.25) is 5.91 Å². The summed E-state index contributed by atoms with van der Waals surface area (Å²) in [6, 6.07) is 1.95. The summed E-state index contributed by atoms with van der Waals surface area (Å²) in [5.74, 6) is -0.283. The van der Waals surface area contributed by atoms with Crippen molar-refractivity contribution in [2.24, 2.45) is 4.99 Å². The van der Waals surface area contributed by atoms with Gasteiger partial charge >= 0.3 is 0 Å². The Morgan fingerprint density at radius 3 is 2.59 bits per heavy atom. The first-order valence-corrected chi connectivity index (χ1v) is 10.0. The fraction of sp³-hybridized carbons (Fsp3) is 0.545. The molecule has 2 aromatic rings. The number of nitrogens with zero attached hydrogens (tertiary/aromatic N) is 4. The minimum atomic E-state index is -0.241. The molecule has 0 bridgehead atoms. The molecule has 7 heteroatoms. The Balaban J connectivity index is 0.000000627. The number of aliphatic hydroxyl groups excluding tert-OH is 1. The zero-order valence-electron chi connectivity index (χ0n) is 18.9. The van der Waals surface area contributed by atoms with Crippen LogP contribution in [-0.2, 0) is 10.2 Å². The summed E-state index contributed by atoms with van der Waals surface area (Å²) >= 11 is 0. The van der Waals surface area contributed by atoms with Gasteiger partial charge in [-0.05, 0) is 40.8 Å². The Morgan fingerprint density at radius 2 is 2.03 bits per heavy atom. The Bertz CT molecular complexity index is 878. The van der Waals surface area contributed by atoms with Gasteiger partial charge in [-0.2, -0.15) is 5.10 Å². The number of amides is 1. The maximum atomic E-state index is 12.7. The zero-order chi connectivity index (χ0) is 22.4. The van der Waals surface area contributed by atoms with Crippen LogP contribution in [0, 0.1) is 6.92 Å². The zero-order valence-corrected chi connectivity index (χ0v) is 18.9. The summed E-state index contributed by atoms with van der Waals surface area (Å²) in [7, 11) is 0. The van der Waals surface area contributed by atoms with Crippen LogP contribution in [0.5, 0.6) is 0 Å². The molecule has 0 fully saturated rings. The van der Waals surface area contributed by atoms with Crippen LogP contribution < -0.4 is 5.32 Å². The molecule has 0 aliphatic heterocycles. The van der Waals surface area contributed by atoms with Crippen molar-refractivity contribution in [1.82, 2.24) is 19.9 Å². The van der Waals surface area contributed by atoms with Gasteiger partial charge in [0.15, 0.2) is 5.65 Å². The van der Waals surface area contributed by atoms with E-state index in [9.17, 15) is 4.79 Å². The quantitative estimate of drug-likeness (QED) is 0.763. The van der Waals surface area contributed by atoms with Gasteiger partial charge in [-0.1, -0.05) is 27.7 Å². The van der Waals surface area contributed by atoms with Crippen molar-refractivity contribution in [2.45, 2.75) is 79.2 Å². The van der Waals surface area contributed by atoms with Crippen LogP contribution in [0.15, 0.2) is 29.2 Å². The van der Waals surface area contributed by atoms with Crippen molar-refractivity contribution in [3.63, 3.8) is 0 Å². The molecule has 0 aromatic carbocycles. The number of rotatable bonds is 3. The number of nitrogens with one attached hydrogen (secondary N) is 1. The number of fused-ring (bicyclic) bond motifs is 3. The highest BCUT2D eigenvalue weighted by Crippen LogP contribution is 2.45. The van der Waals surface area contributed by atoms with Crippen LogP contribution in [-0.4, -0.2) is 38.4 Å². The van der Waals surface area contributed by atoms with Crippen LogP contribution in [0.25, 0.3) is 5.65 Å². The van der Waals surface area contributed by atoms with Gasteiger partial charge in [0.05, 0.1) is 17.3 Å². The van der Waals surface area contributed by atoms with Crippen molar-refractivity contribution in [1.29, 1.82) is 0 Å². The lowest BCUT2D eigenvalue weighted by molar-refractivity contribution is -0.122. The second-order valence-corrected chi connectivity index (χ2v) is 7.84. The summed E-state index contributed by atoms with van der Waals surface area (Å²) in [5, 5.41) is 15.5. The van der Waals surface area contributed by atoms with Crippen LogP contribution in [0.2, 0.25) is 0 Å². The third-order valence-electron chi connectivity index (χ3n) is 4.29. The van der Waals surface area contributed by atoms with Gasteiger partial charge in [0.1, 0.15) is 0 Å². The average Bonchev–Trinajstić information content (AvgIpc) is 3.12. The largest absolute Gasteiger partial charge is 0.394 e. The number of carbonyl (C=O) groups is 1. The third kappa shape index (κ3) is 5.97. The van der Waals surface area contributed by atoms with Crippen LogP contribution in [0.1, 0.15) is 77.8 Å². The van der Waals surface area contributed by atoms with Crippen LogP contribution >= 0.6 is 0 Å². The van der Waals surface area contributed by atoms with Gasteiger partial charge in [0.25, 0.3) is 0 Å². The molecule has 0 radical (unpaired) electrons. The number of aliphatic imine (C=N–C) groups is 1. The van der Waals surface area contributed by atoms with E-state index < -0.39 is 0 Å². The molecule has 1 unspecified atom stereocenters. The molecule has 0 spiro atoms. The maximum absolute atomic E-state index is 12.7. The molecular formula is C22H35N5O2. The summed E-state index contributed by atoms with van der Waals surface area (Å²) in [4.78, 5) is 20.8. The number of carbonyl (C=O) groups excluding carboxylic acids is 1. The van der Waals surface area contributed by atoms with E-state index in [0.717, 1.165) is 29.0 Å². The SMILES string of the molecule is C=N/C=C(\C)NC(=O)C1CC(C)(C)c2c1cnc1cc(C)nn21.CC.CC(C)O. The molecule has 7 nitrogen and oxygen atoms in total. The molecular weight excluding hydrogens is 366 g/mol. The van der Waals surface area contributed by atoms with E-state index in [-0.39, 0.29) is 23.3 Å². The normalized spacial score (nSPS) is 17.0. The van der Waals surface area contributed by atoms with Gasteiger partial charge in [-0.3, -0.25) is 9.79 Å². The van der Waals surface area contributed by atoms with E-state index in [1.54, 1.807) is 20.8 Å². The number of aliphatic hydroxyl groups is 1. The van der Waals surface area contributed by atoms with Crippen molar-refractivity contribution in [3.05, 3.63) is 41.1 Å². The van der Waals surface area contributed by atoms with E-state index in [1.807, 2.05) is 37.5 Å². The molecule has 1 amide bonds. The standard InChI is InChI=1S/C17H21N5O.C3H8O.C2H6/c1-10-6-14-19-9-13-12(16(23)20-11(2)8-18-5)7-17(3,4)15(13)22(14)21-10;1-3(2)4;1-2/h6,8-9,12H,5,7H2,1-4H3,(H,20,23);3-4H,1-2H3;1-2H3/b11-8+;;. The van der Waals surface area contributed by atoms with Crippen LogP contribution in [0.4, 0.5) is 0 Å². The van der Waals surface area contributed by atoms with Crippen molar-refractivity contribution < 1.29 is 9.90 Å². The van der Waals surface area contributed by atoms with Crippen molar-refractivity contribution in [2.75, 3.05) is 0 Å². The minimum absolute atomic E-state index is 0.0424. The first kappa shape index (κ1) is 24.5. The highest BCUT2D eigenvalue weighted by Gasteiger charge is 2.43. The van der Waals surface area contributed by atoms with Crippen LogP contribution in [0.3, 0.4) is 0 Å². The number of hydrogen-bond donors (Lipinski definition) is 2.